The number of nitrogen functional groups attached to an aromatic ring is 1. The number of hydrogen-bond donors (Lipinski definition) is 1. The lowest BCUT2D eigenvalue weighted by molar-refractivity contribution is 0.116. The molecule has 3 nitrogen and oxygen atoms in total. The first-order valence-electron chi connectivity index (χ1n) is 5.85. The molecular formula is C13H20N2O. The van der Waals surface area contributed by atoms with Gasteiger partial charge in [-0.3, -0.25) is 0 Å². The monoisotopic (exact) mass is 220 g/mol. The van der Waals surface area contributed by atoms with E-state index in [4.69, 9.17) is 10.5 Å². The number of ether oxygens (including phenoxy) is 1. The van der Waals surface area contributed by atoms with Crippen LogP contribution in [-0.2, 0) is 4.74 Å². The first-order valence-corrected chi connectivity index (χ1v) is 5.85. The molecule has 0 aliphatic carbocycles. The Morgan fingerprint density at radius 1 is 1.50 bits per heavy atom. The van der Waals surface area contributed by atoms with E-state index in [0.717, 1.165) is 30.9 Å². The number of rotatable bonds is 3. The fraction of sp³-hybridized carbons (Fsp3) is 0.538. The molecule has 0 saturated carbocycles. The van der Waals surface area contributed by atoms with Crippen molar-refractivity contribution in [1.29, 1.82) is 0 Å². The van der Waals surface area contributed by atoms with Gasteiger partial charge in [0.2, 0.25) is 0 Å². The van der Waals surface area contributed by atoms with Gasteiger partial charge in [-0.2, -0.15) is 0 Å². The van der Waals surface area contributed by atoms with Crippen LogP contribution in [0.5, 0.6) is 0 Å². The predicted octanol–water partition coefficient (Wildman–Crippen LogP) is 2.19. The van der Waals surface area contributed by atoms with Gasteiger partial charge in [-0.25, -0.2) is 0 Å². The van der Waals surface area contributed by atoms with Crippen molar-refractivity contribution in [1.82, 2.24) is 0 Å². The smallest absolute Gasteiger partial charge is 0.0750 e. The zero-order valence-corrected chi connectivity index (χ0v) is 10.1. The third-order valence-electron chi connectivity index (χ3n) is 3.10. The van der Waals surface area contributed by atoms with E-state index in [-0.39, 0.29) is 0 Å². The molecule has 2 N–H and O–H groups in total. The van der Waals surface area contributed by atoms with Gasteiger partial charge in [0.15, 0.2) is 0 Å². The highest BCUT2D eigenvalue weighted by molar-refractivity contribution is 5.68. The number of anilines is 2. The average Bonchev–Trinajstić information content (AvgIpc) is 2.74. The van der Waals surface area contributed by atoms with Crippen molar-refractivity contribution >= 4 is 11.4 Å². The molecule has 1 fully saturated rings. The van der Waals surface area contributed by atoms with Crippen molar-refractivity contribution in [3.05, 3.63) is 23.8 Å². The number of nitrogens with two attached hydrogens (primary N) is 1. The summed E-state index contributed by atoms with van der Waals surface area (Å²) in [6.07, 6.45) is 2.71. The van der Waals surface area contributed by atoms with Crippen molar-refractivity contribution in [3.63, 3.8) is 0 Å². The number of nitrogens with zero attached hydrogens (tertiary/aromatic N) is 1. The predicted molar refractivity (Wildman–Crippen MR) is 67.8 cm³/mol. The van der Waals surface area contributed by atoms with E-state index in [1.165, 1.54) is 12.0 Å². The van der Waals surface area contributed by atoms with E-state index in [0.29, 0.717) is 6.10 Å². The molecule has 1 aliphatic rings. The molecule has 0 aromatic heterocycles. The molecule has 0 amide bonds. The van der Waals surface area contributed by atoms with E-state index in [9.17, 15) is 0 Å². The van der Waals surface area contributed by atoms with Gasteiger partial charge in [-0.15, -0.1) is 0 Å². The van der Waals surface area contributed by atoms with E-state index >= 15 is 0 Å². The third kappa shape index (κ3) is 2.47. The summed E-state index contributed by atoms with van der Waals surface area (Å²) in [5.74, 6) is 0. The van der Waals surface area contributed by atoms with Gasteiger partial charge in [-0.05, 0) is 37.5 Å². The maximum Gasteiger partial charge on any atom is 0.0750 e. The lowest BCUT2D eigenvalue weighted by atomic mass is 10.1. The van der Waals surface area contributed by atoms with Gasteiger partial charge in [0, 0.05) is 20.2 Å². The molecule has 1 saturated heterocycles. The molecule has 1 atom stereocenters. The quantitative estimate of drug-likeness (QED) is 0.794. The summed E-state index contributed by atoms with van der Waals surface area (Å²) in [6, 6.07) is 6.14. The number of aryl methyl sites for hydroxylation is 1. The molecule has 1 aliphatic heterocycles. The molecule has 2 rings (SSSR count). The molecule has 0 spiro atoms. The Bertz CT molecular complexity index is 359. The Morgan fingerprint density at radius 3 is 3.00 bits per heavy atom. The van der Waals surface area contributed by atoms with Gasteiger partial charge < -0.3 is 15.4 Å². The summed E-state index contributed by atoms with van der Waals surface area (Å²) >= 11 is 0. The third-order valence-corrected chi connectivity index (χ3v) is 3.10. The Balaban J connectivity index is 2.07. The highest BCUT2D eigenvalue weighted by Gasteiger charge is 2.18. The molecular weight excluding hydrogens is 200 g/mol. The Labute approximate surface area is 97.2 Å². The summed E-state index contributed by atoms with van der Waals surface area (Å²) in [5.41, 5.74) is 9.17. The maximum atomic E-state index is 5.98. The van der Waals surface area contributed by atoms with Crippen molar-refractivity contribution < 1.29 is 4.74 Å². The largest absolute Gasteiger partial charge is 0.397 e. The molecule has 1 aromatic carbocycles. The molecule has 0 radical (unpaired) electrons. The maximum absolute atomic E-state index is 5.98. The van der Waals surface area contributed by atoms with Crippen LogP contribution in [0.2, 0.25) is 0 Å². The molecule has 16 heavy (non-hydrogen) atoms. The fourth-order valence-electron chi connectivity index (χ4n) is 2.18. The fourth-order valence-corrected chi connectivity index (χ4v) is 2.18. The van der Waals surface area contributed by atoms with Crippen LogP contribution in [0.3, 0.4) is 0 Å². The van der Waals surface area contributed by atoms with Gasteiger partial charge in [0.1, 0.15) is 0 Å². The minimum Gasteiger partial charge on any atom is -0.397 e. The zero-order valence-electron chi connectivity index (χ0n) is 10.1. The van der Waals surface area contributed by atoms with E-state index < -0.39 is 0 Å². The van der Waals surface area contributed by atoms with Gasteiger partial charge in [0.05, 0.1) is 17.5 Å². The van der Waals surface area contributed by atoms with E-state index in [1.54, 1.807) is 0 Å². The van der Waals surface area contributed by atoms with Crippen LogP contribution in [-0.4, -0.2) is 26.3 Å². The highest BCUT2D eigenvalue weighted by Crippen LogP contribution is 2.25. The minimum atomic E-state index is 0.366. The standard InChI is InChI=1S/C13H20N2O/c1-10-5-6-12(14)13(8-10)15(2)9-11-4-3-7-16-11/h5-6,8,11H,3-4,7,9,14H2,1-2H3. The first kappa shape index (κ1) is 11.3. The second-order valence-corrected chi connectivity index (χ2v) is 4.58. The van der Waals surface area contributed by atoms with Crippen molar-refractivity contribution in [2.24, 2.45) is 0 Å². The Morgan fingerprint density at radius 2 is 2.31 bits per heavy atom. The number of benzene rings is 1. The molecule has 3 heteroatoms. The lowest BCUT2D eigenvalue weighted by Crippen LogP contribution is -2.29. The highest BCUT2D eigenvalue weighted by atomic mass is 16.5. The van der Waals surface area contributed by atoms with E-state index in [1.807, 2.05) is 12.1 Å². The number of hydrogen-bond acceptors (Lipinski definition) is 3. The Kier molecular flexibility index (Phi) is 3.34. The van der Waals surface area contributed by atoms with Crippen LogP contribution >= 0.6 is 0 Å². The van der Waals surface area contributed by atoms with Gasteiger partial charge in [0.25, 0.3) is 0 Å². The van der Waals surface area contributed by atoms with Gasteiger partial charge >= 0.3 is 0 Å². The first-order chi connectivity index (χ1) is 7.66. The normalized spacial score (nSPS) is 20.0. The SMILES string of the molecule is Cc1ccc(N)c(N(C)CC2CCCO2)c1. The van der Waals surface area contributed by atoms with Gasteiger partial charge in [-0.1, -0.05) is 6.07 Å². The van der Waals surface area contributed by atoms with Crippen molar-refractivity contribution in [2.45, 2.75) is 25.9 Å². The second-order valence-electron chi connectivity index (χ2n) is 4.58. The van der Waals surface area contributed by atoms with Crippen LogP contribution in [0, 0.1) is 6.92 Å². The molecule has 1 heterocycles. The second kappa shape index (κ2) is 4.74. The molecule has 0 bridgehead atoms. The Hall–Kier alpha value is -1.22. The van der Waals surface area contributed by atoms with E-state index in [2.05, 4.69) is 24.9 Å². The van der Waals surface area contributed by atoms with Crippen molar-refractivity contribution in [2.75, 3.05) is 30.8 Å². The summed E-state index contributed by atoms with van der Waals surface area (Å²) in [4.78, 5) is 2.19. The number of likely N-dealkylation sites (N-methyl/N-ethyl adjacent to an activating group) is 1. The molecule has 1 aromatic rings. The summed E-state index contributed by atoms with van der Waals surface area (Å²) in [5, 5.41) is 0. The molecule has 88 valence electrons. The summed E-state index contributed by atoms with van der Waals surface area (Å²) in [6.45, 7) is 3.91. The minimum absolute atomic E-state index is 0.366. The van der Waals surface area contributed by atoms with Crippen LogP contribution in [0.4, 0.5) is 11.4 Å². The van der Waals surface area contributed by atoms with Crippen LogP contribution in [0.15, 0.2) is 18.2 Å². The van der Waals surface area contributed by atoms with Crippen LogP contribution in [0.1, 0.15) is 18.4 Å². The van der Waals surface area contributed by atoms with Crippen LogP contribution in [0.25, 0.3) is 0 Å². The molecule has 1 unspecified atom stereocenters. The topological polar surface area (TPSA) is 38.5 Å². The van der Waals surface area contributed by atoms with Crippen molar-refractivity contribution in [3.8, 4) is 0 Å². The summed E-state index contributed by atoms with van der Waals surface area (Å²) in [7, 11) is 2.08. The average molecular weight is 220 g/mol. The summed E-state index contributed by atoms with van der Waals surface area (Å²) < 4.78 is 5.63. The zero-order chi connectivity index (χ0) is 11.5. The lowest BCUT2D eigenvalue weighted by Gasteiger charge is -2.24. The van der Waals surface area contributed by atoms with Crippen LogP contribution < -0.4 is 10.6 Å².